The number of hydrogen-bond acceptors (Lipinski definition) is 8. The van der Waals surface area contributed by atoms with E-state index in [2.05, 4.69) is 20.3 Å². The molecule has 1 heterocycles. The summed E-state index contributed by atoms with van der Waals surface area (Å²) in [6, 6.07) is 3.39. The summed E-state index contributed by atoms with van der Waals surface area (Å²) in [6.07, 6.45) is 2.49. The van der Waals surface area contributed by atoms with Gasteiger partial charge < -0.3 is 42.6 Å². The summed E-state index contributed by atoms with van der Waals surface area (Å²) < 4.78 is 28.5. The molecule has 1 fully saturated rings. The van der Waals surface area contributed by atoms with Gasteiger partial charge in [-0.1, -0.05) is 12.1 Å². The molecule has 2 atom stereocenters. The maximum Gasteiger partial charge on any atom is 0.335 e. The fourth-order valence-corrected chi connectivity index (χ4v) is 5.80. The van der Waals surface area contributed by atoms with Crippen molar-refractivity contribution < 1.29 is 32.7 Å². The fraction of sp³-hybridized carbons (Fsp3) is 0.520. The minimum Gasteiger partial charge on any atom is -0.478 e. The van der Waals surface area contributed by atoms with Gasteiger partial charge in [-0.3, -0.25) is 20.0 Å². The van der Waals surface area contributed by atoms with Crippen LogP contribution in [0.5, 0.6) is 0 Å². The lowest BCUT2D eigenvalue weighted by atomic mass is 9.90. The number of likely N-dealkylation sites (tertiary alicyclic amines) is 1. The summed E-state index contributed by atoms with van der Waals surface area (Å²) in [5.74, 6) is -3.40. The van der Waals surface area contributed by atoms with Gasteiger partial charge in [0.05, 0.1) is 23.9 Å². The minimum absolute atomic E-state index is 0.0667. The monoisotopic (exact) mass is 609 g/mol. The fourth-order valence-electron chi connectivity index (χ4n) is 4.47. The maximum atomic E-state index is 13.1. The molecule has 0 unspecified atom stereocenters. The van der Waals surface area contributed by atoms with E-state index < -0.39 is 52.2 Å². The highest BCUT2D eigenvalue weighted by Gasteiger charge is 2.30. The molecule has 42 heavy (non-hydrogen) atoms. The lowest BCUT2D eigenvalue weighted by Gasteiger charge is -2.33. The van der Waals surface area contributed by atoms with Crippen LogP contribution in [0.4, 0.5) is 0 Å². The molecule has 1 aromatic rings. The molecule has 1 aliphatic rings. The van der Waals surface area contributed by atoms with Crippen LogP contribution in [0.15, 0.2) is 29.3 Å². The number of nitrogens with one attached hydrogen (secondary N) is 4. The Balaban J connectivity index is 2.06. The maximum absolute atomic E-state index is 13.1. The zero-order valence-electron chi connectivity index (χ0n) is 23.1. The lowest BCUT2D eigenvalue weighted by molar-refractivity contribution is -0.128. The second-order valence-electron chi connectivity index (χ2n) is 9.96. The molecule has 1 aliphatic heterocycles. The number of aromatic carboxylic acids is 1. The smallest absolute Gasteiger partial charge is 0.335 e. The van der Waals surface area contributed by atoms with Crippen molar-refractivity contribution in [1.29, 1.82) is 5.41 Å². The molecule has 232 valence electrons. The van der Waals surface area contributed by atoms with Gasteiger partial charge in [0, 0.05) is 19.6 Å². The van der Waals surface area contributed by atoms with Gasteiger partial charge in [0.15, 0.2) is 11.9 Å². The number of carboxylic acid groups (broad SMARTS) is 1. The standard InChI is InChI=1S/C25H39N9O7S/c26-24(27)30-8-2-5-19(14-35)32-21(36)13-31-22(37)20(12-16-6-9-34(10-7-16)25(28)29)33-42(40,41)15-17-3-1-4-18(11-17)23(38)39/h1,3-4,11,14,16,19-20,33H,2,5-10,12-13,15H2,(H3,28,29)(H,31,37)(H,32,36)(H,38,39)(H4,26,27,30)/t19-,20+/m0/s1. The van der Waals surface area contributed by atoms with Gasteiger partial charge in [-0.15, -0.1) is 0 Å². The molecular weight excluding hydrogens is 570 g/mol. The average Bonchev–Trinajstić information content (AvgIpc) is 2.92. The van der Waals surface area contributed by atoms with Gasteiger partial charge in [-0.25, -0.2) is 17.9 Å². The highest BCUT2D eigenvalue weighted by molar-refractivity contribution is 7.88. The first-order valence-electron chi connectivity index (χ1n) is 13.3. The summed E-state index contributed by atoms with van der Waals surface area (Å²) in [6.45, 7) is 0.718. The summed E-state index contributed by atoms with van der Waals surface area (Å²) >= 11 is 0. The van der Waals surface area contributed by atoms with E-state index in [0.717, 1.165) is 0 Å². The zero-order valence-corrected chi connectivity index (χ0v) is 23.9. The summed E-state index contributed by atoms with van der Waals surface area (Å²) in [5, 5.41) is 21.7. The first kappa shape index (κ1) is 34.0. The second-order valence-corrected chi connectivity index (χ2v) is 11.7. The number of amides is 2. The van der Waals surface area contributed by atoms with Crippen molar-refractivity contribution in [1.82, 2.24) is 20.3 Å². The van der Waals surface area contributed by atoms with Crippen molar-refractivity contribution in [2.45, 2.75) is 49.9 Å². The van der Waals surface area contributed by atoms with E-state index in [-0.39, 0.29) is 48.4 Å². The Morgan fingerprint density at radius 1 is 1.19 bits per heavy atom. The van der Waals surface area contributed by atoms with E-state index in [0.29, 0.717) is 38.6 Å². The number of nitrogens with zero attached hydrogens (tertiary/aromatic N) is 2. The van der Waals surface area contributed by atoms with Gasteiger partial charge in [0.25, 0.3) is 0 Å². The van der Waals surface area contributed by atoms with Crippen LogP contribution in [0.1, 0.15) is 48.0 Å². The molecule has 0 aromatic heterocycles. The van der Waals surface area contributed by atoms with Crippen molar-refractivity contribution in [3.05, 3.63) is 35.4 Å². The van der Waals surface area contributed by atoms with Gasteiger partial charge >= 0.3 is 5.97 Å². The van der Waals surface area contributed by atoms with Crippen LogP contribution >= 0.6 is 0 Å². The third kappa shape index (κ3) is 12.1. The molecule has 11 N–H and O–H groups in total. The van der Waals surface area contributed by atoms with Crippen molar-refractivity contribution >= 4 is 46.0 Å². The average molecular weight is 610 g/mol. The van der Waals surface area contributed by atoms with E-state index in [1.165, 1.54) is 24.3 Å². The number of rotatable bonds is 16. The zero-order chi connectivity index (χ0) is 31.3. The first-order chi connectivity index (χ1) is 19.8. The Morgan fingerprint density at radius 2 is 1.88 bits per heavy atom. The van der Waals surface area contributed by atoms with E-state index in [4.69, 9.17) is 22.6 Å². The van der Waals surface area contributed by atoms with Crippen LogP contribution in [0.3, 0.4) is 0 Å². The number of aliphatic imine (C=N–C) groups is 1. The van der Waals surface area contributed by atoms with Crippen LogP contribution in [-0.4, -0.2) is 92.7 Å². The molecule has 17 heteroatoms. The normalized spacial score (nSPS) is 15.2. The summed E-state index contributed by atoms with van der Waals surface area (Å²) in [4.78, 5) is 53.6. The Bertz CT molecular complexity index is 1260. The van der Waals surface area contributed by atoms with E-state index in [1.807, 2.05) is 0 Å². The first-order valence-corrected chi connectivity index (χ1v) is 14.9. The highest BCUT2D eigenvalue weighted by atomic mass is 32.2. The number of aldehydes is 1. The minimum atomic E-state index is -4.12. The number of carboxylic acids is 1. The molecule has 2 amide bonds. The number of benzene rings is 1. The molecule has 0 saturated carbocycles. The molecule has 0 aliphatic carbocycles. The molecule has 0 radical (unpaired) electrons. The lowest BCUT2D eigenvalue weighted by Crippen LogP contribution is -2.51. The van der Waals surface area contributed by atoms with Gasteiger partial charge in [-0.05, 0) is 55.7 Å². The predicted molar refractivity (Wildman–Crippen MR) is 155 cm³/mol. The van der Waals surface area contributed by atoms with Crippen LogP contribution < -0.4 is 32.6 Å². The molecular formula is C25H39N9O7S. The van der Waals surface area contributed by atoms with Crippen molar-refractivity contribution in [2.24, 2.45) is 28.1 Å². The Kier molecular flexibility index (Phi) is 13.1. The molecule has 1 aromatic carbocycles. The Morgan fingerprint density at radius 3 is 2.48 bits per heavy atom. The predicted octanol–water partition coefficient (Wildman–Crippen LogP) is -1.98. The molecule has 16 nitrogen and oxygen atoms in total. The third-order valence-corrected chi connectivity index (χ3v) is 7.95. The van der Waals surface area contributed by atoms with E-state index in [9.17, 15) is 32.7 Å². The number of hydrogen-bond donors (Lipinski definition) is 8. The molecule has 0 bridgehead atoms. The van der Waals surface area contributed by atoms with E-state index >= 15 is 0 Å². The van der Waals surface area contributed by atoms with Gasteiger partial charge in [-0.2, -0.15) is 0 Å². The third-order valence-electron chi connectivity index (χ3n) is 6.59. The number of nitrogens with two attached hydrogens (primary N) is 3. The molecule has 1 saturated heterocycles. The SMILES string of the molecule is N=C(N)N1CCC(C[C@@H](NS(=O)(=O)Cc2cccc(C(=O)O)c2)C(=O)NCC(=O)N[C@H](C=O)CCCN=C(N)N)CC1. The summed E-state index contributed by atoms with van der Waals surface area (Å²) in [5.41, 5.74) is 16.2. The largest absolute Gasteiger partial charge is 0.478 e. The van der Waals surface area contributed by atoms with E-state index in [1.54, 1.807) is 4.90 Å². The van der Waals surface area contributed by atoms with Crippen LogP contribution in [0.2, 0.25) is 0 Å². The van der Waals surface area contributed by atoms with Crippen LogP contribution in [0, 0.1) is 11.3 Å². The topological polar surface area (TPSA) is 276 Å². The molecule has 2 rings (SSSR count). The van der Waals surface area contributed by atoms with Crippen molar-refractivity contribution in [3.8, 4) is 0 Å². The second kappa shape index (κ2) is 16.3. The summed E-state index contributed by atoms with van der Waals surface area (Å²) in [7, 11) is -4.12. The van der Waals surface area contributed by atoms with Crippen LogP contribution in [0.25, 0.3) is 0 Å². The Hall–Kier alpha value is -4.25. The van der Waals surface area contributed by atoms with Crippen LogP contribution in [-0.2, 0) is 30.2 Å². The van der Waals surface area contributed by atoms with Crippen molar-refractivity contribution in [2.75, 3.05) is 26.2 Å². The highest BCUT2D eigenvalue weighted by Crippen LogP contribution is 2.22. The van der Waals surface area contributed by atoms with Gasteiger partial charge in [0.2, 0.25) is 21.8 Å². The Labute approximate surface area is 244 Å². The quantitative estimate of drug-likeness (QED) is 0.0440. The number of sulfonamides is 1. The number of guanidine groups is 2. The van der Waals surface area contributed by atoms with Gasteiger partial charge in [0.1, 0.15) is 12.3 Å². The molecule has 0 spiro atoms. The van der Waals surface area contributed by atoms with Crippen molar-refractivity contribution in [3.63, 3.8) is 0 Å². The number of carbonyl (C=O) groups excluding carboxylic acids is 3. The number of carbonyl (C=O) groups is 4. The number of piperidine rings is 1.